The van der Waals surface area contributed by atoms with Crippen LogP contribution >= 0.6 is 36.2 Å². The summed E-state index contributed by atoms with van der Waals surface area (Å²) in [4.78, 5) is 20.8. The first-order chi connectivity index (χ1) is 10.2. The summed E-state index contributed by atoms with van der Waals surface area (Å²) in [6.07, 6.45) is 0. The van der Waals surface area contributed by atoms with E-state index in [0.717, 1.165) is 43.2 Å². The lowest BCUT2D eigenvalue weighted by molar-refractivity contribution is -0.132. The quantitative estimate of drug-likeness (QED) is 0.886. The second-order valence-corrected chi connectivity index (χ2v) is 6.49. The molecular weight excluding hydrogens is 355 g/mol. The number of piperazine rings is 1. The highest BCUT2D eigenvalue weighted by Gasteiger charge is 2.18. The maximum atomic E-state index is 12.2. The van der Waals surface area contributed by atoms with Crippen LogP contribution in [0.25, 0.3) is 10.2 Å². The van der Waals surface area contributed by atoms with Crippen LogP contribution in [-0.2, 0) is 11.3 Å². The third-order valence-corrected chi connectivity index (χ3v) is 4.64. The number of aromatic nitrogens is 1. The fourth-order valence-electron chi connectivity index (χ4n) is 2.52. The van der Waals surface area contributed by atoms with Gasteiger partial charge in [-0.1, -0.05) is 12.1 Å². The summed E-state index contributed by atoms with van der Waals surface area (Å²) in [5.41, 5.74) is 1.04. The predicted octanol–water partition coefficient (Wildman–Crippen LogP) is 2.00. The Morgan fingerprint density at radius 1 is 1.30 bits per heavy atom. The monoisotopic (exact) mass is 376 g/mol. The normalized spacial score (nSPS) is 14.4. The van der Waals surface area contributed by atoms with Gasteiger partial charge in [0.15, 0.2) is 0 Å². The van der Waals surface area contributed by atoms with Crippen molar-refractivity contribution in [1.82, 2.24) is 20.1 Å². The number of carbonyl (C=O) groups excluding carboxylic acids is 1. The molecule has 128 valence electrons. The molecule has 5 nitrogen and oxygen atoms in total. The molecule has 0 unspecified atom stereocenters. The molecule has 1 aliphatic rings. The highest BCUT2D eigenvalue weighted by Crippen LogP contribution is 2.22. The van der Waals surface area contributed by atoms with Gasteiger partial charge < -0.3 is 10.2 Å². The van der Waals surface area contributed by atoms with Gasteiger partial charge >= 0.3 is 0 Å². The van der Waals surface area contributed by atoms with Gasteiger partial charge in [0, 0.05) is 26.2 Å². The van der Waals surface area contributed by atoms with Gasteiger partial charge in [0.1, 0.15) is 5.01 Å². The molecule has 0 bridgehead atoms. The van der Waals surface area contributed by atoms with Gasteiger partial charge in [-0.2, -0.15) is 0 Å². The van der Waals surface area contributed by atoms with Gasteiger partial charge in [-0.3, -0.25) is 9.69 Å². The fourth-order valence-corrected chi connectivity index (χ4v) is 3.57. The molecule has 1 amide bonds. The van der Waals surface area contributed by atoms with E-state index in [1.165, 1.54) is 4.70 Å². The van der Waals surface area contributed by atoms with Crippen molar-refractivity contribution >= 4 is 52.3 Å². The molecule has 1 aromatic heterocycles. The Morgan fingerprint density at radius 2 is 2.00 bits per heavy atom. The van der Waals surface area contributed by atoms with Gasteiger partial charge in [0.25, 0.3) is 0 Å². The van der Waals surface area contributed by atoms with Gasteiger partial charge in [0.2, 0.25) is 5.91 Å². The highest BCUT2D eigenvalue weighted by molar-refractivity contribution is 7.18. The van der Waals surface area contributed by atoms with E-state index in [4.69, 9.17) is 0 Å². The number of hydrogen-bond donors (Lipinski definition) is 1. The lowest BCUT2D eigenvalue weighted by atomic mass is 10.3. The van der Waals surface area contributed by atoms with Crippen LogP contribution in [0, 0.1) is 0 Å². The summed E-state index contributed by atoms with van der Waals surface area (Å²) in [5.74, 6) is 0.208. The number of fused-ring (bicyclic) bond motifs is 1. The molecule has 0 aliphatic carbocycles. The topological polar surface area (TPSA) is 48.5 Å². The zero-order valence-electron chi connectivity index (χ0n) is 13.0. The van der Waals surface area contributed by atoms with Gasteiger partial charge in [-0.25, -0.2) is 4.98 Å². The Morgan fingerprint density at radius 3 is 2.70 bits per heavy atom. The van der Waals surface area contributed by atoms with E-state index in [-0.39, 0.29) is 30.7 Å². The Balaban J connectivity index is 0.00000132. The summed E-state index contributed by atoms with van der Waals surface area (Å²) in [6.45, 7) is 4.59. The molecule has 1 aromatic carbocycles. The van der Waals surface area contributed by atoms with Crippen molar-refractivity contribution in [2.45, 2.75) is 6.54 Å². The first-order valence-corrected chi connectivity index (χ1v) is 8.05. The standard InChI is InChI=1S/C15H20N4OS.2ClH/c1-18(11-15(20)19-8-6-16-7-9-19)10-14-17-12-4-2-3-5-13(12)21-14;;/h2-5,16H,6-11H2,1H3;2*1H. The number of para-hydroxylation sites is 1. The van der Waals surface area contributed by atoms with Crippen LogP contribution in [0.2, 0.25) is 0 Å². The molecule has 23 heavy (non-hydrogen) atoms. The second kappa shape index (κ2) is 9.39. The number of likely N-dealkylation sites (N-methyl/N-ethyl adjacent to an activating group) is 1. The summed E-state index contributed by atoms with van der Waals surface area (Å²) < 4.78 is 1.20. The molecule has 1 aliphatic heterocycles. The lowest BCUT2D eigenvalue weighted by Crippen LogP contribution is -2.49. The van der Waals surface area contributed by atoms with Gasteiger partial charge in [-0.05, 0) is 19.2 Å². The minimum absolute atomic E-state index is 0. The van der Waals surface area contributed by atoms with Crippen LogP contribution in [0.4, 0.5) is 0 Å². The summed E-state index contributed by atoms with van der Waals surface area (Å²) in [5, 5.41) is 4.32. The maximum Gasteiger partial charge on any atom is 0.236 e. The Kier molecular flexibility index (Phi) is 8.22. The van der Waals surface area contributed by atoms with Crippen molar-refractivity contribution in [2.24, 2.45) is 0 Å². The molecule has 0 atom stereocenters. The predicted molar refractivity (Wildman–Crippen MR) is 99.9 cm³/mol. The van der Waals surface area contributed by atoms with E-state index in [9.17, 15) is 4.79 Å². The molecule has 2 heterocycles. The molecule has 0 radical (unpaired) electrons. The van der Waals surface area contributed by atoms with Crippen LogP contribution in [0.5, 0.6) is 0 Å². The SMILES string of the molecule is CN(CC(=O)N1CCNCC1)Cc1nc2ccccc2s1.Cl.Cl. The van der Waals surface area contributed by atoms with Gasteiger partial charge in [0.05, 0.1) is 23.3 Å². The van der Waals surface area contributed by atoms with Crippen LogP contribution in [-0.4, -0.2) is 60.5 Å². The highest BCUT2D eigenvalue weighted by atomic mass is 35.5. The van der Waals surface area contributed by atoms with E-state index < -0.39 is 0 Å². The van der Waals surface area contributed by atoms with Crippen molar-refractivity contribution in [3.05, 3.63) is 29.3 Å². The molecule has 0 saturated carbocycles. The third kappa shape index (κ3) is 5.29. The Hall–Kier alpha value is -0.920. The van der Waals surface area contributed by atoms with E-state index >= 15 is 0 Å². The largest absolute Gasteiger partial charge is 0.339 e. The second-order valence-electron chi connectivity index (χ2n) is 5.38. The molecule has 1 N–H and O–H groups in total. The zero-order valence-corrected chi connectivity index (χ0v) is 15.5. The number of hydrogen-bond acceptors (Lipinski definition) is 5. The van der Waals surface area contributed by atoms with Crippen molar-refractivity contribution in [2.75, 3.05) is 39.8 Å². The van der Waals surface area contributed by atoms with Crippen LogP contribution in [0.1, 0.15) is 5.01 Å². The van der Waals surface area contributed by atoms with Crippen LogP contribution < -0.4 is 5.32 Å². The van der Waals surface area contributed by atoms with Gasteiger partial charge in [-0.15, -0.1) is 36.2 Å². The Bertz CT molecular complexity index is 598. The molecule has 8 heteroatoms. The molecular formula is C15H22Cl2N4OS. The van der Waals surface area contributed by atoms with E-state index in [1.807, 2.05) is 35.0 Å². The smallest absolute Gasteiger partial charge is 0.236 e. The zero-order chi connectivity index (χ0) is 14.7. The minimum atomic E-state index is 0. The van der Waals surface area contributed by atoms with Crippen molar-refractivity contribution in [3.8, 4) is 0 Å². The fraction of sp³-hybridized carbons (Fsp3) is 0.467. The number of nitrogens with one attached hydrogen (secondary N) is 1. The Labute approximate surface area is 152 Å². The number of amides is 1. The molecule has 1 saturated heterocycles. The molecule has 3 rings (SSSR count). The van der Waals surface area contributed by atoms with E-state index in [0.29, 0.717) is 6.54 Å². The number of rotatable bonds is 4. The number of benzene rings is 1. The van der Waals surface area contributed by atoms with Crippen molar-refractivity contribution in [1.29, 1.82) is 0 Å². The third-order valence-electron chi connectivity index (χ3n) is 3.62. The average Bonchev–Trinajstić information content (AvgIpc) is 2.90. The minimum Gasteiger partial charge on any atom is -0.339 e. The number of thiazole rings is 1. The van der Waals surface area contributed by atoms with E-state index in [1.54, 1.807) is 11.3 Å². The van der Waals surface area contributed by atoms with Crippen LogP contribution in [0.3, 0.4) is 0 Å². The number of nitrogens with zero attached hydrogens (tertiary/aromatic N) is 3. The first kappa shape index (κ1) is 20.1. The van der Waals surface area contributed by atoms with Crippen molar-refractivity contribution in [3.63, 3.8) is 0 Å². The molecule has 0 spiro atoms. The first-order valence-electron chi connectivity index (χ1n) is 7.24. The van der Waals surface area contributed by atoms with E-state index in [2.05, 4.69) is 16.4 Å². The number of carbonyl (C=O) groups is 1. The maximum absolute atomic E-state index is 12.2. The summed E-state index contributed by atoms with van der Waals surface area (Å²) >= 11 is 1.70. The van der Waals surface area contributed by atoms with Crippen molar-refractivity contribution < 1.29 is 4.79 Å². The van der Waals surface area contributed by atoms with Crippen LogP contribution in [0.15, 0.2) is 24.3 Å². The molecule has 1 fully saturated rings. The molecule has 2 aromatic rings. The summed E-state index contributed by atoms with van der Waals surface area (Å²) in [7, 11) is 1.98. The lowest BCUT2D eigenvalue weighted by Gasteiger charge is -2.29. The number of halogens is 2. The summed E-state index contributed by atoms with van der Waals surface area (Å²) in [6, 6.07) is 8.15. The average molecular weight is 377 g/mol.